The Morgan fingerprint density at radius 3 is 2.48 bits per heavy atom. The van der Waals surface area contributed by atoms with Gasteiger partial charge in [-0.15, -0.1) is 6.58 Å². The summed E-state index contributed by atoms with van der Waals surface area (Å²) in [5, 5.41) is 4.00. The molecule has 0 saturated carbocycles. The van der Waals surface area contributed by atoms with E-state index in [1.807, 2.05) is 0 Å². The van der Waals surface area contributed by atoms with Crippen molar-refractivity contribution >= 4 is 0 Å². The average Bonchev–Trinajstić information content (AvgIpc) is 3.12. The van der Waals surface area contributed by atoms with E-state index in [1.165, 1.54) is 18.4 Å². The molecular formula is C29H42N2. The van der Waals surface area contributed by atoms with Crippen molar-refractivity contribution in [2.75, 3.05) is 6.54 Å². The number of benzene rings is 1. The van der Waals surface area contributed by atoms with E-state index in [0.29, 0.717) is 17.8 Å². The SMILES string of the molecule is C=CC(C)C(c1ccccc1)(C1C=CC=CC1C)N1C=CC(CC)C1(C)NCCCC. The second kappa shape index (κ2) is 10.0. The summed E-state index contributed by atoms with van der Waals surface area (Å²) in [6.07, 6.45) is 19.7. The quantitative estimate of drug-likeness (QED) is 0.324. The van der Waals surface area contributed by atoms with Crippen molar-refractivity contribution < 1.29 is 0 Å². The van der Waals surface area contributed by atoms with Gasteiger partial charge < -0.3 is 4.90 Å². The molecule has 6 unspecified atom stereocenters. The molecule has 2 aliphatic rings. The predicted octanol–water partition coefficient (Wildman–Crippen LogP) is 7.04. The Morgan fingerprint density at radius 2 is 1.87 bits per heavy atom. The highest BCUT2D eigenvalue weighted by atomic mass is 15.4. The van der Waals surface area contributed by atoms with E-state index in [9.17, 15) is 0 Å². The molecule has 6 atom stereocenters. The molecule has 2 nitrogen and oxygen atoms in total. The van der Waals surface area contributed by atoms with Gasteiger partial charge in [-0.1, -0.05) is 101 Å². The first-order valence-corrected chi connectivity index (χ1v) is 12.2. The maximum atomic E-state index is 4.29. The Bertz CT molecular complexity index is 807. The van der Waals surface area contributed by atoms with Crippen LogP contribution in [0.2, 0.25) is 0 Å². The second-order valence-electron chi connectivity index (χ2n) is 9.52. The third kappa shape index (κ3) is 4.07. The molecule has 1 heterocycles. The monoisotopic (exact) mass is 418 g/mol. The smallest absolute Gasteiger partial charge is 0.0947 e. The Kier molecular flexibility index (Phi) is 7.64. The highest BCUT2D eigenvalue weighted by molar-refractivity contribution is 5.36. The van der Waals surface area contributed by atoms with E-state index < -0.39 is 0 Å². The minimum Gasteiger partial charge on any atom is -0.349 e. The van der Waals surface area contributed by atoms with Crippen LogP contribution in [-0.4, -0.2) is 17.1 Å². The van der Waals surface area contributed by atoms with Crippen molar-refractivity contribution in [1.82, 2.24) is 10.2 Å². The van der Waals surface area contributed by atoms with E-state index in [2.05, 4.69) is 124 Å². The number of rotatable bonds is 10. The first-order chi connectivity index (χ1) is 15.0. The fourth-order valence-electron chi connectivity index (χ4n) is 5.92. The van der Waals surface area contributed by atoms with Gasteiger partial charge in [0.2, 0.25) is 0 Å². The van der Waals surface area contributed by atoms with Gasteiger partial charge in [0.05, 0.1) is 11.2 Å². The van der Waals surface area contributed by atoms with Crippen LogP contribution in [0.15, 0.2) is 79.6 Å². The molecule has 0 amide bonds. The molecule has 0 spiro atoms. The number of nitrogens with zero attached hydrogens (tertiary/aromatic N) is 1. The van der Waals surface area contributed by atoms with Crippen molar-refractivity contribution in [2.45, 2.75) is 65.1 Å². The lowest BCUT2D eigenvalue weighted by Gasteiger charge is -2.58. The second-order valence-corrected chi connectivity index (χ2v) is 9.52. The van der Waals surface area contributed by atoms with Crippen LogP contribution in [0.25, 0.3) is 0 Å². The molecular weight excluding hydrogens is 376 g/mol. The predicted molar refractivity (Wildman–Crippen MR) is 134 cm³/mol. The van der Waals surface area contributed by atoms with E-state index in [4.69, 9.17) is 0 Å². The molecule has 1 aromatic rings. The van der Waals surface area contributed by atoms with Gasteiger partial charge in [0.1, 0.15) is 0 Å². The molecule has 0 fully saturated rings. The first-order valence-electron chi connectivity index (χ1n) is 12.2. The molecule has 0 aromatic heterocycles. The molecule has 31 heavy (non-hydrogen) atoms. The van der Waals surface area contributed by atoms with Crippen molar-refractivity contribution in [2.24, 2.45) is 23.7 Å². The van der Waals surface area contributed by atoms with Gasteiger partial charge in [0.15, 0.2) is 0 Å². The van der Waals surface area contributed by atoms with Crippen molar-refractivity contribution in [3.05, 3.63) is 85.1 Å². The number of unbranched alkanes of at least 4 members (excludes halogenated alkanes) is 1. The number of hydrogen-bond donors (Lipinski definition) is 1. The highest BCUT2D eigenvalue weighted by Gasteiger charge is 2.56. The third-order valence-electron chi connectivity index (χ3n) is 7.74. The van der Waals surface area contributed by atoms with E-state index in [0.717, 1.165) is 13.0 Å². The normalized spacial score (nSPS) is 30.4. The van der Waals surface area contributed by atoms with E-state index >= 15 is 0 Å². The van der Waals surface area contributed by atoms with Gasteiger partial charge in [-0.2, -0.15) is 0 Å². The van der Waals surface area contributed by atoms with Crippen LogP contribution in [0.5, 0.6) is 0 Å². The molecule has 0 saturated heterocycles. The van der Waals surface area contributed by atoms with Crippen LogP contribution in [-0.2, 0) is 5.54 Å². The maximum absolute atomic E-state index is 4.29. The number of hydrogen-bond acceptors (Lipinski definition) is 2. The maximum Gasteiger partial charge on any atom is 0.0947 e. The van der Waals surface area contributed by atoms with Gasteiger partial charge in [-0.25, -0.2) is 0 Å². The Labute approximate surface area is 190 Å². The zero-order chi connectivity index (χ0) is 22.5. The molecule has 1 aliphatic carbocycles. The highest BCUT2D eigenvalue weighted by Crippen LogP contribution is 2.53. The molecule has 2 heteroatoms. The van der Waals surface area contributed by atoms with E-state index in [-0.39, 0.29) is 17.1 Å². The summed E-state index contributed by atoms with van der Waals surface area (Å²) in [4.78, 5) is 2.68. The lowest BCUT2D eigenvalue weighted by atomic mass is 9.63. The summed E-state index contributed by atoms with van der Waals surface area (Å²) in [6, 6.07) is 11.1. The van der Waals surface area contributed by atoms with Gasteiger partial charge in [-0.3, -0.25) is 5.32 Å². The van der Waals surface area contributed by atoms with Crippen LogP contribution in [0.4, 0.5) is 0 Å². The van der Waals surface area contributed by atoms with Crippen LogP contribution >= 0.6 is 0 Å². The minimum atomic E-state index is -0.238. The van der Waals surface area contributed by atoms with Crippen LogP contribution in [0.1, 0.15) is 59.4 Å². The summed E-state index contributed by atoms with van der Waals surface area (Å²) in [5.74, 6) is 1.48. The largest absolute Gasteiger partial charge is 0.349 e. The summed E-state index contributed by atoms with van der Waals surface area (Å²) < 4.78 is 0. The minimum absolute atomic E-state index is 0.147. The lowest BCUT2D eigenvalue weighted by Crippen LogP contribution is -2.67. The van der Waals surface area contributed by atoms with Crippen LogP contribution in [0, 0.1) is 23.7 Å². The van der Waals surface area contributed by atoms with Crippen LogP contribution < -0.4 is 5.32 Å². The van der Waals surface area contributed by atoms with Crippen molar-refractivity contribution in [1.29, 1.82) is 0 Å². The molecule has 0 bridgehead atoms. The summed E-state index contributed by atoms with van der Waals surface area (Å²) in [7, 11) is 0. The van der Waals surface area contributed by atoms with Crippen molar-refractivity contribution in [3.8, 4) is 0 Å². The van der Waals surface area contributed by atoms with Gasteiger partial charge in [0.25, 0.3) is 0 Å². The standard InChI is InChI=1S/C29H42N2/c1-7-10-21-30-28(6)25(9-3)20-22-31(28)29(24(5)8-2,26-17-12-11-13-18-26)27-19-15-14-16-23(27)4/h8,11-20,22-25,27,30H,2,7,9-10,21H2,1,3-6H3. The summed E-state index contributed by atoms with van der Waals surface area (Å²) >= 11 is 0. The molecule has 1 N–H and O–H groups in total. The zero-order valence-corrected chi connectivity index (χ0v) is 20.2. The van der Waals surface area contributed by atoms with Gasteiger partial charge >= 0.3 is 0 Å². The number of allylic oxidation sites excluding steroid dienone is 3. The molecule has 1 aliphatic heterocycles. The third-order valence-corrected chi connectivity index (χ3v) is 7.74. The fraction of sp³-hybridized carbons (Fsp3) is 0.517. The van der Waals surface area contributed by atoms with Crippen molar-refractivity contribution in [3.63, 3.8) is 0 Å². The topological polar surface area (TPSA) is 15.3 Å². The summed E-state index contributed by atoms with van der Waals surface area (Å²) in [5.41, 5.74) is 0.980. The Balaban J connectivity index is 2.24. The zero-order valence-electron chi connectivity index (χ0n) is 20.2. The molecule has 1 aromatic carbocycles. The Morgan fingerprint density at radius 1 is 1.16 bits per heavy atom. The summed E-state index contributed by atoms with van der Waals surface area (Å²) in [6.45, 7) is 17.0. The average molecular weight is 419 g/mol. The molecule has 168 valence electrons. The van der Waals surface area contributed by atoms with Crippen LogP contribution in [0.3, 0.4) is 0 Å². The molecule has 3 rings (SSSR count). The van der Waals surface area contributed by atoms with Gasteiger partial charge in [0, 0.05) is 17.8 Å². The fourth-order valence-corrected chi connectivity index (χ4v) is 5.92. The van der Waals surface area contributed by atoms with E-state index in [1.54, 1.807) is 0 Å². The molecule has 0 radical (unpaired) electrons. The number of nitrogens with one attached hydrogen (secondary N) is 1. The van der Waals surface area contributed by atoms with Gasteiger partial charge in [-0.05, 0) is 44.0 Å². The lowest BCUT2D eigenvalue weighted by molar-refractivity contribution is -0.0563. The Hall–Kier alpha value is -2.06. The first kappa shape index (κ1) is 23.6.